The van der Waals surface area contributed by atoms with Crippen LogP contribution in [0.4, 0.5) is 0 Å². The van der Waals surface area contributed by atoms with Gasteiger partial charge in [-0.3, -0.25) is 0 Å². The van der Waals surface area contributed by atoms with E-state index in [1.807, 2.05) is 6.92 Å². The van der Waals surface area contributed by atoms with Crippen molar-refractivity contribution in [2.24, 2.45) is 5.92 Å². The quantitative estimate of drug-likeness (QED) is 0.463. The Hall–Kier alpha value is -0.390. The fourth-order valence-electron chi connectivity index (χ4n) is 0.984. The predicted molar refractivity (Wildman–Crippen MR) is 57.5 cm³/mol. The molecule has 0 saturated carbocycles. The Morgan fingerprint density at radius 3 is 2.71 bits per heavy atom. The van der Waals surface area contributed by atoms with E-state index in [-0.39, 0.29) is 18.3 Å². The van der Waals surface area contributed by atoms with E-state index in [2.05, 4.69) is 11.3 Å². The van der Waals surface area contributed by atoms with Crippen LogP contribution in [-0.2, 0) is 10.0 Å². The summed E-state index contributed by atoms with van der Waals surface area (Å²) in [6, 6.07) is 0. The minimum absolute atomic E-state index is 0.0391. The molecule has 0 aliphatic carbocycles. The van der Waals surface area contributed by atoms with Crippen molar-refractivity contribution in [3.63, 3.8) is 0 Å². The molecule has 0 aliphatic heterocycles. The van der Waals surface area contributed by atoms with Gasteiger partial charge in [0.15, 0.2) is 0 Å². The molecule has 1 unspecified atom stereocenters. The third-order valence-corrected chi connectivity index (χ3v) is 3.16. The van der Waals surface area contributed by atoms with Gasteiger partial charge >= 0.3 is 0 Å². The number of aliphatic hydroxyl groups excluding tert-OH is 1. The molecular weight excluding hydrogens is 202 g/mol. The van der Waals surface area contributed by atoms with Crippen molar-refractivity contribution in [1.29, 1.82) is 0 Å². The molecule has 0 spiro atoms. The second-order valence-corrected chi connectivity index (χ2v) is 5.25. The first kappa shape index (κ1) is 13.6. The number of aliphatic hydroxyl groups is 1. The lowest BCUT2D eigenvalue weighted by Crippen LogP contribution is -2.26. The molecular formula is C9H19NO3S. The van der Waals surface area contributed by atoms with E-state index in [1.54, 1.807) is 0 Å². The van der Waals surface area contributed by atoms with Crippen LogP contribution in [0.1, 0.15) is 19.8 Å². The van der Waals surface area contributed by atoms with Crippen LogP contribution >= 0.6 is 0 Å². The zero-order valence-corrected chi connectivity index (χ0v) is 9.39. The highest BCUT2D eigenvalue weighted by atomic mass is 32.2. The fourth-order valence-corrected chi connectivity index (χ4v) is 1.87. The van der Waals surface area contributed by atoms with Gasteiger partial charge in [-0.2, -0.15) is 0 Å². The number of sulfonamides is 1. The second kappa shape index (κ2) is 6.98. The summed E-state index contributed by atoms with van der Waals surface area (Å²) in [5.41, 5.74) is 0. The van der Waals surface area contributed by atoms with Crippen LogP contribution in [0.2, 0.25) is 0 Å². The summed E-state index contributed by atoms with van der Waals surface area (Å²) in [6.45, 7) is 5.88. The molecule has 0 aromatic heterocycles. The predicted octanol–water partition coefficient (Wildman–Crippen LogP) is 0.500. The third kappa shape index (κ3) is 7.06. The monoisotopic (exact) mass is 221 g/mol. The van der Waals surface area contributed by atoms with Crippen LogP contribution in [0.3, 0.4) is 0 Å². The van der Waals surface area contributed by atoms with E-state index in [4.69, 9.17) is 5.11 Å². The van der Waals surface area contributed by atoms with Gasteiger partial charge in [0.1, 0.15) is 0 Å². The third-order valence-electron chi connectivity index (χ3n) is 1.84. The van der Waals surface area contributed by atoms with Crippen molar-refractivity contribution in [2.45, 2.75) is 19.8 Å². The average molecular weight is 221 g/mol. The molecule has 0 rings (SSSR count). The molecule has 4 nitrogen and oxygen atoms in total. The molecule has 0 aliphatic rings. The van der Waals surface area contributed by atoms with E-state index in [1.165, 1.54) is 6.08 Å². The van der Waals surface area contributed by atoms with Gasteiger partial charge in [-0.15, -0.1) is 6.58 Å². The number of rotatable bonds is 8. The molecule has 0 radical (unpaired) electrons. The minimum Gasteiger partial charge on any atom is -0.396 e. The maximum Gasteiger partial charge on any atom is 0.215 e. The number of hydrogen-bond acceptors (Lipinski definition) is 3. The number of hydrogen-bond donors (Lipinski definition) is 2. The van der Waals surface area contributed by atoms with Crippen LogP contribution in [0.15, 0.2) is 12.7 Å². The largest absolute Gasteiger partial charge is 0.396 e. The average Bonchev–Trinajstić information content (AvgIpc) is 2.12. The van der Waals surface area contributed by atoms with Gasteiger partial charge in [-0.1, -0.05) is 13.0 Å². The standard InChI is InChI=1S/C9H19NO3S/c1-3-7-14(12,13)10-6-4-5-9(2)8-11/h3,9-11H,1,4-8H2,2H3. The maximum atomic E-state index is 11.1. The zero-order valence-electron chi connectivity index (χ0n) is 8.57. The topological polar surface area (TPSA) is 66.4 Å². The van der Waals surface area contributed by atoms with E-state index < -0.39 is 10.0 Å². The van der Waals surface area contributed by atoms with E-state index in [9.17, 15) is 8.42 Å². The van der Waals surface area contributed by atoms with Crippen molar-refractivity contribution in [1.82, 2.24) is 4.72 Å². The summed E-state index contributed by atoms with van der Waals surface area (Å²) in [4.78, 5) is 0. The van der Waals surface area contributed by atoms with Crippen molar-refractivity contribution >= 4 is 10.0 Å². The Labute approximate surface area is 86.1 Å². The lowest BCUT2D eigenvalue weighted by molar-refractivity contribution is 0.228. The molecule has 0 bridgehead atoms. The summed E-state index contributed by atoms with van der Waals surface area (Å²) in [5, 5.41) is 8.73. The Bertz CT molecular complexity index is 249. The van der Waals surface area contributed by atoms with Crippen molar-refractivity contribution in [3.8, 4) is 0 Å². The fraction of sp³-hybridized carbons (Fsp3) is 0.778. The van der Waals surface area contributed by atoms with Gasteiger partial charge < -0.3 is 5.11 Å². The molecule has 0 amide bonds. The van der Waals surface area contributed by atoms with Crippen LogP contribution in [0.25, 0.3) is 0 Å². The molecule has 0 aromatic carbocycles. The molecule has 0 fully saturated rings. The minimum atomic E-state index is -3.17. The highest BCUT2D eigenvalue weighted by Crippen LogP contribution is 2.02. The maximum absolute atomic E-state index is 11.1. The van der Waals surface area contributed by atoms with Crippen molar-refractivity contribution < 1.29 is 13.5 Å². The van der Waals surface area contributed by atoms with E-state index in [0.29, 0.717) is 6.54 Å². The van der Waals surface area contributed by atoms with Gasteiger partial charge in [0.2, 0.25) is 10.0 Å². The van der Waals surface area contributed by atoms with Crippen LogP contribution in [-0.4, -0.2) is 32.4 Å². The molecule has 0 aromatic rings. The molecule has 84 valence electrons. The Kier molecular flexibility index (Phi) is 6.78. The normalized spacial score (nSPS) is 13.9. The van der Waals surface area contributed by atoms with E-state index >= 15 is 0 Å². The van der Waals surface area contributed by atoms with Crippen LogP contribution < -0.4 is 4.72 Å². The first-order chi connectivity index (χ1) is 6.52. The highest BCUT2D eigenvalue weighted by molar-refractivity contribution is 7.89. The van der Waals surface area contributed by atoms with Crippen molar-refractivity contribution in [2.75, 3.05) is 18.9 Å². The van der Waals surface area contributed by atoms with Crippen molar-refractivity contribution in [3.05, 3.63) is 12.7 Å². The molecule has 0 saturated heterocycles. The smallest absolute Gasteiger partial charge is 0.215 e. The summed E-state index contributed by atoms with van der Waals surface area (Å²) in [7, 11) is -3.17. The Morgan fingerprint density at radius 1 is 1.57 bits per heavy atom. The van der Waals surface area contributed by atoms with Gasteiger partial charge in [-0.25, -0.2) is 13.1 Å². The second-order valence-electron chi connectivity index (χ2n) is 3.39. The molecule has 2 N–H and O–H groups in total. The van der Waals surface area contributed by atoms with Gasteiger partial charge in [-0.05, 0) is 18.8 Å². The Morgan fingerprint density at radius 2 is 2.21 bits per heavy atom. The van der Waals surface area contributed by atoms with E-state index in [0.717, 1.165) is 12.8 Å². The molecule has 1 atom stereocenters. The SMILES string of the molecule is C=CCS(=O)(=O)NCCCC(C)CO. The molecule has 14 heavy (non-hydrogen) atoms. The highest BCUT2D eigenvalue weighted by Gasteiger charge is 2.06. The summed E-state index contributed by atoms with van der Waals surface area (Å²) < 4.78 is 24.7. The van der Waals surface area contributed by atoms with Gasteiger partial charge in [0, 0.05) is 13.2 Å². The first-order valence-electron chi connectivity index (χ1n) is 4.71. The van der Waals surface area contributed by atoms with Crippen LogP contribution in [0.5, 0.6) is 0 Å². The lowest BCUT2D eigenvalue weighted by Gasteiger charge is -2.07. The summed E-state index contributed by atoms with van der Waals surface area (Å²) >= 11 is 0. The first-order valence-corrected chi connectivity index (χ1v) is 6.36. The lowest BCUT2D eigenvalue weighted by atomic mass is 10.1. The van der Waals surface area contributed by atoms with Crippen LogP contribution in [0, 0.1) is 5.92 Å². The molecule has 0 heterocycles. The summed E-state index contributed by atoms with van der Waals surface area (Å²) in [5.74, 6) is 0.196. The zero-order chi connectivity index (χ0) is 11.0. The number of nitrogens with one attached hydrogen (secondary N) is 1. The Balaban J connectivity index is 3.59. The van der Waals surface area contributed by atoms with Gasteiger partial charge in [0.05, 0.1) is 5.75 Å². The molecule has 5 heteroatoms. The van der Waals surface area contributed by atoms with Gasteiger partial charge in [0.25, 0.3) is 0 Å². The summed E-state index contributed by atoms with van der Waals surface area (Å²) in [6.07, 6.45) is 2.93.